The number of hydrogen-bond acceptors (Lipinski definition) is 2. The second-order valence-electron chi connectivity index (χ2n) is 8.71. The zero-order chi connectivity index (χ0) is 19.6. The molecule has 1 aromatic heterocycles. The Labute approximate surface area is 172 Å². The van der Waals surface area contributed by atoms with Gasteiger partial charge in [0.15, 0.2) is 0 Å². The summed E-state index contributed by atoms with van der Waals surface area (Å²) in [6, 6.07) is 9.16. The molecule has 0 amide bonds. The SMILES string of the molecule is CCCCCc1ccc(CCc2ncc(C3CCC(CCC)CC3)cn2)cc1. The third kappa shape index (κ3) is 6.43. The van der Waals surface area contributed by atoms with E-state index in [1.165, 1.54) is 80.9 Å². The first-order valence-corrected chi connectivity index (χ1v) is 11.7. The second-order valence-corrected chi connectivity index (χ2v) is 8.71. The fraction of sp³-hybridized carbons (Fsp3) is 0.615. The molecule has 3 rings (SSSR count). The van der Waals surface area contributed by atoms with Crippen molar-refractivity contribution >= 4 is 0 Å². The van der Waals surface area contributed by atoms with Gasteiger partial charge in [0.25, 0.3) is 0 Å². The van der Waals surface area contributed by atoms with E-state index in [0.717, 1.165) is 24.6 Å². The maximum absolute atomic E-state index is 4.68. The number of hydrogen-bond donors (Lipinski definition) is 0. The summed E-state index contributed by atoms with van der Waals surface area (Å²) in [5.41, 5.74) is 4.21. The highest BCUT2D eigenvalue weighted by Crippen LogP contribution is 2.36. The van der Waals surface area contributed by atoms with E-state index < -0.39 is 0 Å². The Morgan fingerprint density at radius 3 is 2.00 bits per heavy atom. The minimum absolute atomic E-state index is 0.683. The molecule has 1 aromatic carbocycles. The van der Waals surface area contributed by atoms with Gasteiger partial charge < -0.3 is 0 Å². The first-order chi connectivity index (χ1) is 13.8. The van der Waals surface area contributed by atoms with E-state index in [1.807, 2.05) is 0 Å². The fourth-order valence-corrected chi connectivity index (χ4v) is 4.61. The van der Waals surface area contributed by atoms with E-state index in [-0.39, 0.29) is 0 Å². The summed E-state index contributed by atoms with van der Waals surface area (Å²) in [4.78, 5) is 9.36. The van der Waals surface area contributed by atoms with Crippen LogP contribution >= 0.6 is 0 Å². The van der Waals surface area contributed by atoms with Crippen molar-refractivity contribution in [2.45, 2.75) is 96.8 Å². The van der Waals surface area contributed by atoms with Crippen LogP contribution < -0.4 is 0 Å². The van der Waals surface area contributed by atoms with E-state index in [2.05, 4.69) is 60.5 Å². The van der Waals surface area contributed by atoms with Crippen molar-refractivity contribution < 1.29 is 0 Å². The van der Waals surface area contributed by atoms with E-state index in [9.17, 15) is 0 Å². The van der Waals surface area contributed by atoms with Gasteiger partial charge in [-0.1, -0.05) is 63.8 Å². The van der Waals surface area contributed by atoms with E-state index in [4.69, 9.17) is 0 Å². The topological polar surface area (TPSA) is 25.8 Å². The quantitative estimate of drug-likeness (QED) is 0.413. The van der Waals surface area contributed by atoms with Gasteiger partial charge in [-0.25, -0.2) is 9.97 Å². The number of nitrogens with zero attached hydrogens (tertiary/aromatic N) is 2. The van der Waals surface area contributed by atoms with Crippen LogP contribution in [0.15, 0.2) is 36.7 Å². The van der Waals surface area contributed by atoms with Crippen LogP contribution in [0.3, 0.4) is 0 Å². The first-order valence-electron chi connectivity index (χ1n) is 11.7. The molecule has 0 spiro atoms. The number of benzene rings is 1. The number of unbranched alkanes of at least 4 members (excludes halogenated alkanes) is 2. The number of rotatable bonds is 10. The highest BCUT2D eigenvalue weighted by Gasteiger charge is 2.22. The molecular weight excluding hydrogens is 340 g/mol. The van der Waals surface area contributed by atoms with Gasteiger partial charge in [0, 0.05) is 18.8 Å². The Bertz CT molecular complexity index is 667. The third-order valence-electron chi connectivity index (χ3n) is 6.47. The Morgan fingerprint density at radius 2 is 1.39 bits per heavy atom. The van der Waals surface area contributed by atoms with Crippen LogP contribution in [0.4, 0.5) is 0 Å². The van der Waals surface area contributed by atoms with Crippen LogP contribution in [0.25, 0.3) is 0 Å². The fourth-order valence-electron chi connectivity index (χ4n) is 4.61. The average molecular weight is 379 g/mol. The molecule has 28 heavy (non-hydrogen) atoms. The molecule has 0 atom stereocenters. The van der Waals surface area contributed by atoms with Crippen molar-refractivity contribution in [3.8, 4) is 0 Å². The first kappa shape index (κ1) is 21.0. The lowest BCUT2D eigenvalue weighted by atomic mass is 9.78. The summed E-state index contributed by atoms with van der Waals surface area (Å²) < 4.78 is 0. The zero-order valence-corrected chi connectivity index (χ0v) is 18.0. The van der Waals surface area contributed by atoms with Gasteiger partial charge >= 0.3 is 0 Å². The van der Waals surface area contributed by atoms with Gasteiger partial charge in [0.2, 0.25) is 0 Å². The molecule has 1 fully saturated rings. The largest absolute Gasteiger partial charge is 0.241 e. The Hall–Kier alpha value is -1.70. The van der Waals surface area contributed by atoms with Crippen LogP contribution in [0.2, 0.25) is 0 Å². The Balaban J connectivity index is 1.44. The molecule has 1 heterocycles. The van der Waals surface area contributed by atoms with Crippen molar-refractivity contribution in [3.05, 3.63) is 59.2 Å². The molecule has 0 saturated heterocycles. The summed E-state index contributed by atoms with van der Waals surface area (Å²) in [7, 11) is 0. The lowest BCUT2D eigenvalue weighted by Gasteiger charge is -2.28. The van der Waals surface area contributed by atoms with E-state index >= 15 is 0 Å². The molecule has 2 nitrogen and oxygen atoms in total. The molecule has 2 aromatic rings. The van der Waals surface area contributed by atoms with Gasteiger partial charge in [-0.2, -0.15) is 0 Å². The molecule has 0 bridgehead atoms. The van der Waals surface area contributed by atoms with Crippen molar-refractivity contribution in [2.24, 2.45) is 5.92 Å². The predicted octanol–water partition coefficient (Wildman–Crippen LogP) is 7.07. The molecule has 1 aliphatic carbocycles. The second kappa shape index (κ2) is 11.3. The maximum Gasteiger partial charge on any atom is 0.128 e. The van der Waals surface area contributed by atoms with Crippen LogP contribution in [-0.4, -0.2) is 9.97 Å². The zero-order valence-electron chi connectivity index (χ0n) is 18.0. The average Bonchev–Trinajstić information content (AvgIpc) is 2.75. The minimum Gasteiger partial charge on any atom is -0.241 e. The van der Waals surface area contributed by atoms with Gasteiger partial charge in [0.1, 0.15) is 5.82 Å². The van der Waals surface area contributed by atoms with Crippen molar-refractivity contribution in [1.82, 2.24) is 9.97 Å². The van der Waals surface area contributed by atoms with Gasteiger partial charge in [-0.3, -0.25) is 0 Å². The van der Waals surface area contributed by atoms with Gasteiger partial charge in [0.05, 0.1) is 0 Å². The molecule has 152 valence electrons. The normalized spacial score (nSPS) is 19.6. The lowest BCUT2D eigenvalue weighted by Crippen LogP contribution is -2.14. The van der Waals surface area contributed by atoms with Crippen molar-refractivity contribution in [1.29, 1.82) is 0 Å². The summed E-state index contributed by atoms with van der Waals surface area (Å²) in [6.45, 7) is 4.57. The van der Waals surface area contributed by atoms with E-state index in [1.54, 1.807) is 0 Å². The molecule has 0 aliphatic heterocycles. The predicted molar refractivity (Wildman–Crippen MR) is 119 cm³/mol. The highest BCUT2D eigenvalue weighted by molar-refractivity contribution is 5.23. The highest BCUT2D eigenvalue weighted by atomic mass is 14.9. The van der Waals surface area contributed by atoms with Crippen LogP contribution in [-0.2, 0) is 19.3 Å². The molecular formula is C26H38N2. The molecule has 1 saturated carbocycles. The number of aryl methyl sites for hydroxylation is 3. The van der Waals surface area contributed by atoms with Crippen LogP contribution in [0.5, 0.6) is 0 Å². The van der Waals surface area contributed by atoms with Gasteiger partial charge in [-0.15, -0.1) is 0 Å². The third-order valence-corrected chi connectivity index (χ3v) is 6.47. The molecule has 0 radical (unpaired) electrons. The smallest absolute Gasteiger partial charge is 0.128 e. The Kier molecular flexibility index (Phi) is 8.51. The van der Waals surface area contributed by atoms with Crippen LogP contribution in [0.1, 0.15) is 100 Å². The van der Waals surface area contributed by atoms with Crippen molar-refractivity contribution in [3.63, 3.8) is 0 Å². The van der Waals surface area contributed by atoms with Crippen LogP contribution in [0, 0.1) is 5.92 Å². The molecule has 1 aliphatic rings. The summed E-state index contributed by atoms with van der Waals surface area (Å²) in [6.07, 6.45) is 19.4. The van der Waals surface area contributed by atoms with Gasteiger partial charge in [-0.05, 0) is 73.5 Å². The van der Waals surface area contributed by atoms with Crippen molar-refractivity contribution in [2.75, 3.05) is 0 Å². The monoisotopic (exact) mass is 378 g/mol. The summed E-state index contributed by atoms with van der Waals surface area (Å²) in [5.74, 6) is 2.62. The minimum atomic E-state index is 0.683. The summed E-state index contributed by atoms with van der Waals surface area (Å²) in [5, 5.41) is 0. The maximum atomic E-state index is 4.68. The molecule has 0 N–H and O–H groups in total. The lowest BCUT2D eigenvalue weighted by molar-refractivity contribution is 0.307. The molecule has 0 unspecified atom stereocenters. The Morgan fingerprint density at radius 1 is 0.750 bits per heavy atom. The standard InChI is InChI=1S/C26H38N2/c1-3-5-6-8-22-9-11-23(12-10-22)15-18-26-27-19-25(20-28-26)24-16-13-21(7-4-2)14-17-24/h9-12,19-21,24H,3-8,13-18H2,1-2H3. The van der Waals surface area contributed by atoms with E-state index in [0.29, 0.717) is 5.92 Å². The molecule has 2 heteroatoms. The number of aromatic nitrogens is 2. The summed E-state index contributed by atoms with van der Waals surface area (Å²) >= 11 is 0.